The number of thioether (sulfide) groups is 1. The minimum absolute atomic E-state index is 0. The lowest BCUT2D eigenvalue weighted by Crippen LogP contribution is -2.46. The topological polar surface area (TPSA) is 73.5 Å². The largest absolute Gasteiger partial charge is 0.340 e. The van der Waals surface area contributed by atoms with Crippen LogP contribution >= 0.6 is 24.2 Å². The Labute approximate surface area is 167 Å². The smallest absolute Gasteiger partial charge is 0.315 e. The molecule has 0 aromatic rings. The van der Waals surface area contributed by atoms with Crippen LogP contribution in [0.2, 0.25) is 0 Å². The third-order valence-corrected chi connectivity index (χ3v) is 7.11. The van der Waals surface area contributed by atoms with Gasteiger partial charge in [0, 0.05) is 30.0 Å². The second-order valence-electron chi connectivity index (χ2n) is 7.44. The van der Waals surface area contributed by atoms with E-state index in [1.54, 1.807) is 0 Å². The molecule has 0 spiro atoms. The van der Waals surface area contributed by atoms with Crippen LogP contribution in [0.3, 0.4) is 0 Å². The molecule has 0 bridgehead atoms. The van der Waals surface area contributed by atoms with Crippen LogP contribution in [0.15, 0.2) is 0 Å². The molecule has 0 radical (unpaired) electrons. The van der Waals surface area contributed by atoms with Gasteiger partial charge in [0.15, 0.2) is 0 Å². The molecule has 3 aliphatic rings. The molecule has 0 aromatic heterocycles. The molecule has 0 saturated carbocycles. The van der Waals surface area contributed by atoms with E-state index in [-0.39, 0.29) is 24.5 Å². The van der Waals surface area contributed by atoms with E-state index in [1.165, 1.54) is 0 Å². The van der Waals surface area contributed by atoms with E-state index in [4.69, 9.17) is 0 Å². The van der Waals surface area contributed by atoms with E-state index in [2.05, 4.69) is 27.8 Å². The molecule has 0 aromatic carbocycles. The summed E-state index contributed by atoms with van der Waals surface area (Å²) >= 11 is 1.95. The van der Waals surface area contributed by atoms with E-state index in [0.29, 0.717) is 29.7 Å². The van der Waals surface area contributed by atoms with Crippen molar-refractivity contribution >= 4 is 36.1 Å². The first-order valence-electron chi connectivity index (χ1n) is 9.88. The Morgan fingerprint density at radius 1 is 1.23 bits per heavy atom. The number of urea groups is 1. The third kappa shape index (κ3) is 5.42. The number of amides is 3. The van der Waals surface area contributed by atoms with Crippen LogP contribution in [0.1, 0.15) is 51.9 Å². The normalized spacial score (nSPS) is 28.0. The number of carbonyl (C=O) groups excluding carboxylic acids is 2. The minimum Gasteiger partial charge on any atom is -0.340 e. The number of nitrogens with zero attached hydrogens (tertiary/aromatic N) is 1. The Bertz CT molecular complexity index is 476. The standard InChI is InChI=1S/C18H32N4O2S.ClH/c1-2-11-22(13-7-9-19-10-8-13)16(23)6-4-3-5-15-17-14(12-25-15)20-18(24)21-17;/h13-15,17,19H,2-12H2,1H3,(H2,20,21,24);1H/t14-,15-,17-;/m0./s1. The zero-order valence-electron chi connectivity index (χ0n) is 15.7. The molecule has 3 aliphatic heterocycles. The molecule has 3 rings (SSSR count). The second kappa shape index (κ2) is 10.6. The van der Waals surface area contributed by atoms with Gasteiger partial charge in [-0.25, -0.2) is 4.79 Å². The van der Waals surface area contributed by atoms with Crippen LogP contribution < -0.4 is 16.0 Å². The van der Waals surface area contributed by atoms with Gasteiger partial charge in [-0.2, -0.15) is 11.8 Å². The summed E-state index contributed by atoms with van der Waals surface area (Å²) in [6, 6.07) is 0.982. The van der Waals surface area contributed by atoms with Crippen molar-refractivity contribution in [1.82, 2.24) is 20.9 Å². The average molecular weight is 405 g/mol. The first kappa shape index (κ1) is 21.6. The second-order valence-corrected chi connectivity index (χ2v) is 8.71. The van der Waals surface area contributed by atoms with Crippen LogP contribution in [-0.2, 0) is 4.79 Å². The van der Waals surface area contributed by atoms with E-state index in [9.17, 15) is 9.59 Å². The van der Waals surface area contributed by atoms with Crippen molar-refractivity contribution in [2.75, 3.05) is 25.4 Å². The monoisotopic (exact) mass is 404 g/mol. The lowest BCUT2D eigenvalue weighted by atomic mass is 10.0. The summed E-state index contributed by atoms with van der Waals surface area (Å²) < 4.78 is 0. The van der Waals surface area contributed by atoms with Gasteiger partial charge in [0.05, 0.1) is 12.1 Å². The highest BCUT2D eigenvalue weighted by molar-refractivity contribution is 8.00. The molecule has 26 heavy (non-hydrogen) atoms. The molecule has 8 heteroatoms. The molecule has 3 N–H and O–H groups in total. The maximum Gasteiger partial charge on any atom is 0.315 e. The van der Waals surface area contributed by atoms with E-state index < -0.39 is 0 Å². The van der Waals surface area contributed by atoms with E-state index in [0.717, 1.165) is 63.9 Å². The fourth-order valence-corrected chi connectivity index (χ4v) is 5.82. The summed E-state index contributed by atoms with van der Waals surface area (Å²) in [4.78, 5) is 26.3. The zero-order valence-corrected chi connectivity index (χ0v) is 17.3. The van der Waals surface area contributed by atoms with Gasteiger partial charge in [0.2, 0.25) is 5.91 Å². The molecule has 3 amide bonds. The summed E-state index contributed by atoms with van der Waals surface area (Å²) in [5.41, 5.74) is 0. The number of nitrogens with one attached hydrogen (secondary N) is 3. The molecule has 6 nitrogen and oxygen atoms in total. The van der Waals surface area contributed by atoms with Crippen LogP contribution in [0.5, 0.6) is 0 Å². The molecule has 3 heterocycles. The Morgan fingerprint density at radius 2 is 2.00 bits per heavy atom. The number of carbonyl (C=O) groups is 2. The molecule has 3 fully saturated rings. The van der Waals surface area contributed by atoms with Gasteiger partial charge >= 0.3 is 6.03 Å². The predicted molar refractivity (Wildman–Crippen MR) is 109 cm³/mol. The van der Waals surface area contributed by atoms with E-state index in [1.807, 2.05) is 11.8 Å². The first-order chi connectivity index (χ1) is 12.2. The number of fused-ring (bicyclic) bond motifs is 1. The van der Waals surface area contributed by atoms with Crippen LogP contribution in [-0.4, -0.2) is 65.6 Å². The predicted octanol–water partition coefficient (Wildman–Crippen LogP) is 2.12. The van der Waals surface area contributed by atoms with Gasteiger partial charge in [0.25, 0.3) is 0 Å². The van der Waals surface area contributed by atoms with Crippen molar-refractivity contribution in [2.45, 2.75) is 75.2 Å². The van der Waals surface area contributed by atoms with Gasteiger partial charge in [-0.15, -0.1) is 12.4 Å². The van der Waals surface area contributed by atoms with Gasteiger partial charge in [0.1, 0.15) is 0 Å². The summed E-state index contributed by atoms with van der Waals surface area (Å²) in [6.07, 6.45) is 6.97. The minimum atomic E-state index is -0.0207. The molecule has 150 valence electrons. The highest BCUT2D eigenvalue weighted by Crippen LogP contribution is 2.33. The fourth-order valence-electron chi connectivity index (χ4n) is 4.28. The molecule has 3 saturated heterocycles. The van der Waals surface area contributed by atoms with Crippen molar-refractivity contribution in [2.24, 2.45) is 0 Å². The van der Waals surface area contributed by atoms with Crippen molar-refractivity contribution in [3.05, 3.63) is 0 Å². The number of unbranched alkanes of at least 4 members (excludes halogenated alkanes) is 1. The van der Waals surface area contributed by atoms with Crippen LogP contribution in [0.25, 0.3) is 0 Å². The first-order valence-corrected chi connectivity index (χ1v) is 10.9. The number of hydrogen-bond donors (Lipinski definition) is 3. The average Bonchev–Trinajstić information content (AvgIpc) is 3.16. The van der Waals surface area contributed by atoms with E-state index >= 15 is 0 Å². The SMILES string of the molecule is CCCN(C(=O)CCCC[C@@H]1SC[C@@H]2NC(=O)N[C@@H]21)C1CCNCC1.Cl. The Balaban J connectivity index is 0.00000243. The summed E-state index contributed by atoms with van der Waals surface area (Å²) in [7, 11) is 0. The highest BCUT2D eigenvalue weighted by atomic mass is 35.5. The van der Waals surface area contributed by atoms with Crippen molar-refractivity contribution < 1.29 is 9.59 Å². The van der Waals surface area contributed by atoms with Crippen molar-refractivity contribution in [3.8, 4) is 0 Å². The maximum atomic E-state index is 12.7. The lowest BCUT2D eigenvalue weighted by Gasteiger charge is -2.34. The van der Waals surface area contributed by atoms with Crippen LogP contribution in [0.4, 0.5) is 4.79 Å². The number of piperidine rings is 1. The van der Waals surface area contributed by atoms with Crippen LogP contribution in [0, 0.1) is 0 Å². The van der Waals surface area contributed by atoms with Gasteiger partial charge < -0.3 is 20.9 Å². The number of halogens is 1. The lowest BCUT2D eigenvalue weighted by molar-refractivity contribution is -0.134. The van der Waals surface area contributed by atoms with Gasteiger partial charge in [-0.05, 0) is 45.2 Å². The summed E-state index contributed by atoms with van der Waals surface area (Å²) in [5.74, 6) is 1.34. The molecular weight excluding hydrogens is 372 g/mol. The Morgan fingerprint density at radius 3 is 2.73 bits per heavy atom. The summed E-state index contributed by atoms with van der Waals surface area (Å²) in [6.45, 7) is 5.10. The Kier molecular flexibility index (Phi) is 8.84. The third-order valence-electron chi connectivity index (χ3n) is 5.60. The fraction of sp³-hybridized carbons (Fsp3) is 0.889. The van der Waals surface area contributed by atoms with Gasteiger partial charge in [-0.1, -0.05) is 13.3 Å². The molecular formula is C18H33ClN4O2S. The van der Waals surface area contributed by atoms with Crippen molar-refractivity contribution in [3.63, 3.8) is 0 Å². The highest BCUT2D eigenvalue weighted by Gasteiger charge is 2.42. The molecule has 3 atom stereocenters. The molecule has 0 aliphatic carbocycles. The molecule has 0 unspecified atom stereocenters. The maximum absolute atomic E-state index is 12.7. The quantitative estimate of drug-likeness (QED) is 0.428. The van der Waals surface area contributed by atoms with Gasteiger partial charge in [-0.3, -0.25) is 4.79 Å². The van der Waals surface area contributed by atoms with Crippen molar-refractivity contribution in [1.29, 1.82) is 0 Å². The summed E-state index contributed by atoms with van der Waals surface area (Å²) in [5, 5.41) is 9.90. The zero-order chi connectivity index (χ0) is 17.6. The number of hydrogen-bond acceptors (Lipinski definition) is 4. The number of rotatable bonds is 8. The Hall–Kier alpha value is -0.660.